The van der Waals surface area contributed by atoms with Crippen LogP contribution in [-0.4, -0.2) is 25.4 Å². The van der Waals surface area contributed by atoms with Crippen LogP contribution in [0, 0.1) is 17.5 Å². The molecule has 45 heavy (non-hydrogen) atoms. The van der Waals surface area contributed by atoms with Crippen LogP contribution >= 0.6 is 0 Å². The number of methoxy groups -OCH3 is 1. The van der Waals surface area contributed by atoms with E-state index in [0.29, 0.717) is 29.5 Å². The van der Waals surface area contributed by atoms with Gasteiger partial charge in [-0.15, -0.1) is 0 Å². The zero-order valence-electron chi connectivity index (χ0n) is 23.1. The Balaban J connectivity index is 1.96. The van der Waals surface area contributed by atoms with Gasteiger partial charge < -0.3 is 9.47 Å². The van der Waals surface area contributed by atoms with E-state index in [1.807, 2.05) is 0 Å². The van der Waals surface area contributed by atoms with Crippen molar-refractivity contribution in [3.05, 3.63) is 130 Å². The van der Waals surface area contributed by atoms with Gasteiger partial charge in [0.2, 0.25) is 0 Å². The third kappa shape index (κ3) is 7.58. The van der Waals surface area contributed by atoms with E-state index in [4.69, 9.17) is 4.74 Å². The van der Waals surface area contributed by atoms with Crippen LogP contribution in [0.5, 0.6) is 11.5 Å². The fraction of sp³-hybridized carbons (Fsp3) is 0.219. The van der Waals surface area contributed by atoms with E-state index in [2.05, 4.69) is 4.74 Å². The second-order valence-corrected chi connectivity index (χ2v) is 10.0. The Morgan fingerprint density at radius 3 is 1.96 bits per heavy atom. The maximum Gasteiger partial charge on any atom is 0.461 e. The molecular weight excluding hydrogens is 622 g/mol. The summed E-state index contributed by atoms with van der Waals surface area (Å²) in [4.78, 5) is 13.7. The average molecular weight is 645 g/mol. The minimum atomic E-state index is -5.16. The molecule has 0 aromatic heterocycles. The quantitative estimate of drug-likeness (QED) is 0.121. The summed E-state index contributed by atoms with van der Waals surface area (Å²) in [7, 11) is 1.39. The summed E-state index contributed by atoms with van der Waals surface area (Å²) < 4.78 is 146. The van der Waals surface area contributed by atoms with Crippen molar-refractivity contribution in [1.29, 1.82) is 0 Å². The molecule has 4 aromatic rings. The molecule has 0 fully saturated rings. The molecule has 3 nitrogen and oxygen atoms in total. The molecule has 0 aliphatic carbocycles. The Labute approximate surface area is 250 Å². The first-order valence-corrected chi connectivity index (χ1v) is 13.0. The highest BCUT2D eigenvalue weighted by Crippen LogP contribution is 2.43. The molecule has 0 N–H and O–H groups in total. The van der Waals surface area contributed by atoms with Crippen LogP contribution in [0.4, 0.5) is 43.9 Å². The van der Waals surface area contributed by atoms with Crippen LogP contribution in [0.2, 0.25) is 0 Å². The van der Waals surface area contributed by atoms with Gasteiger partial charge >= 0.3 is 18.7 Å². The van der Waals surface area contributed by atoms with Crippen molar-refractivity contribution >= 4 is 5.78 Å². The lowest BCUT2D eigenvalue weighted by Gasteiger charge is -2.36. The van der Waals surface area contributed by atoms with Crippen molar-refractivity contribution < 1.29 is 58.2 Å². The molecule has 0 aliphatic rings. The van der Waals surface area contributed by atoms with Gasteiger partial charge in [0.1, 0.15) is 29.0 Å². The summed E-state index contributed by atoms with van der Waals surface area (Å²) >= 11 is 0. The number of rotatable bonds is 11. The summed E-state index contributed by atoms with van der Waals surface area (Å²) in [5.41, 5.74) is -4.01. The van der Waals surface area contributed by atoms with E-state index in [1.54, 1.807) is 0 Å². The van der Waals surface area contributed by atoms with Gasteiger partial charge in [-0.1, -0.05) is 24.3 Å². The molecule has 1 atom stereocenters. The lowest BCUT2D eigenvalue weighted by atomic mass is 9.67. The second-order valence-electron chi connectivity index (χ2n) is 10.0. The second kappa shape index (κ2) is 12.8. The third-order valence-corrected chi connectivity index (χ3v) is 7.05. The molecule has 0 saturated heterocycles. The molecular formula is C32H22F10O3. The van der Waals surface area contributed by atoms with Crippen LogP contribution in [0.3, 0.4) is 0 Å². The number of hydrogen-bond donors (Lipinski definition) is 0. The highest BCUT2D eigenvalue weighted by Gasteiger charge is 2.45. The summed E-state index contributed by atoms with van der Waals surface area (Å²) in [6, 6.07) is 14.0. The van der Waals surface area contributed by atoms with E-state index in [1.165, 1.54) is 43.5 Å². The van der Waals surface area contributed by atoms with Gasteiger partial charge in [0.05, 0.1) is 12.7 Å². The lowest BCUT2D eigenvalue weighted by Crippen LogP contribution is -2.35. The summed E-state index contributed by atoms with van der Waals surface area (Å²) in [6.07, 6.45) is -15.6. The predicted octanol–water partition coefficient (Wildman–Crippen LogP) is 9.17. The van der Waals surface area contributed by atoms with Gasteiger partial charge in [0.15, 0.2) is 5.78 Å². The smallest absolute Gasteiger partial charge is 0.461 e. The summed E-state index contributed by atoms with van der Waals surface area (Å²) in [5.74, 6) is -5.30. The fourth-order valence-electron chi connectivity index (χ4n) is 4.89. The van der Waals surface area contributed by atoms with Crippen molar-refractivity contribution in [1.82, 2.24) is 0 Å². The van der Waals surface area contributed by atoms with Gasteiger partial charge in [-0.05, 0) is 77.7 Å². The summed E-state index contributed by atoms with van der Waals surface area (Å²) in [5, 5.41) is 0. The van der Waals surface area contributed by atoms with Crippen molar-refractivity contribution in [2.24, 2.45) is 0 Å². The van der Waals surface area contributed by atoms with Crippen LogP contribution in [-0.2, 0) is 18.0 Å². The number of halogens is 10. The first-order chi connectivity index (χ1) is 21.0. The van der Waals surface area contributed by atoms with Crippen LogP contribution in [0.25, 0.3) is 0 Å². The number of carbonyl (C=O) groups is 1. The highest BCUT2D eigenvalue weighted by atomic mass is 19.4. The maximum atomic E-state index is 15.0. The predicted molar refractivity (Wildman–Crippen MR) is 142 cm³/mol. The number of ketones is 1. The van der Waals surface area contributed by atoms with Gasteiger partial charge in [-0.2, -0.15) is 30.7 Å². The van der Waals surface area contributed by atoms with E-state index in [-0.39, 0.29) is 17.5 Å². The molecule has 0 unspecified atom stereocenters. The molecule has 238 valence electrons. The lowest BCUT2D eigenvalue weighted by molar-refractivity contribution is -0.253. The zero-order chi connectivity index (χ0) is 33.2. The van der Waals surface area contributed by atoms with E-state index >= 15 is 4.39 Å². The van der Waals surface area contributed by atoms with Crippen LogP contribution < -0.4 is 9.47 Å². The highest BCUT2D eigenvalue weighted by molar-refractivity contribution is 5.97. The number of carbonyl (C=O) groups excluding carboxylic acids is 1. The zero-order valence-corrected chi connectivity index (χ0v) is 23.1. The maximum absolute atomic E-state index is 15.0. The number of alkyl halides is 7. The molecule has 4 aromatic carbocycles. The number of hydrogen-bond acceptors (Lipinski definition) is 3. The Hall–Kier alpha value is -4.55. The molecule has 0 saturated carbocycles. The monoisotopic (exact) mass is 644 g/mol. The standard InChI is InChI=1S/C32H22F10O3/c1-44-24-9-2-18(3-10-24)16-30(20-5-7-22(33)8-6-20,17-28(43)19-4-11-27(35)26(12-19)31(38,39)40)21-13-23(34)15-25(14-21)45-32(41,42)29(36)37/h2-15,29H,16-17H2,1H3/t30-/m1/s1. The Morgan fingerprint density at radius 2 is 1.38 bits per heavy atom. The van der Waals surface area contributed by atoms with Crippen molar-refractivity contribution in [3.63, 3.8) is 0 Å². The Kier molecular flexibility index (Phi) is 9.50. The molecule has 0 aliphatic heterocycles. The van der Waals surface area contributed by atoms with Crippen LogP contribution in [0.1, 0.15) is 39.0 Å². The molecule has 4 rings (SSSR count). The normalized spacial score (nSPS) is 13.4. The minimum absolute atomic E-state index is 0.0726. The van der Waals surface area contributed by atoms with Gasteiger partial charge in [0.25, 0.3) is 0 Å². The largest absolute Gasteiger partial charge is 0.497 e. The Morgan fingerprint density at radius 1 is 0.733 bits per heavy atom. The van der Waals surface area contributed by atoms with E-state index < -0.39 is 70.7 Å². The topological polar surface area (TPSA) is 35.5 Å². The molecule has 0 heterocycles. The molecule has 0 bridgehead atoms. The molecule has 0 amide bonds. The van der Waals surface area contributed by atoms with Gasteiger partial charge in [-0.25, -0.2) is 13.2 Å². The van der Waals surface area contributed by atoms with Gasteiger partial charge in [0, 0.05) is 23.5 Å². The number of ether oxygens (including phenoxy) is 2. The van der Waals surface area contributed by atoms with Crippen LogP contribution in [0.15, 0.2) is 84.9 Å². The fourth-order valence-corrected chi connectivity index (χ4v) is 4.89. The average Bonchev–Trinajstić information content (AvgIpc) is 2.96. The summed E-state index contributed by atoms with van der Waals surface area (Å²) in [6.45, 7) is 0. The molecule has 0 spiro atoms. The van der Waals surface area contributed by atoms with E-state index in [0.717, 1.165) is 30.3 Å². The number of Topliss-reactive ketones (excluding diaryl/α,β-unsaturated/α-hetero) is 1. The first-order valence-electron chi connectivity index (χ1n) is 13.0. The minimum Gasteiger partial charge on any atom is -0.497 e. The van der Waals surface area contributed by atoms with Crippen molar-refractivity contribution in [2.45, 2.75) is 37.0 Å². The number of benzene rings is 4. The molecule has 0 radical (unpaired) electrons. The Bertz CT molecular complexity index is 1650. The van der Waals surface area contributed by atoms with E-state index in [9.17, 15) is 44.3 Å². The third-order valence-electron chi connectivity index (χ3n) is 7.05. The first kappa shape index (κ1) is 33.3. The van der Waals surface area contributed by atoms with Crippen molar-refractivity contribution in [3.8, 4) is 11.5 Å². The molecule has 13 heteroatoms. The SMILES string of the molecule is COc1ccc(C[C@@](CC(=O)c2ccc(F)c(C(F)(F)F)c2)(c2ccc(F)cc2)c2cc(F)cc(OC(F)(F)C(F)F)c2)cc1. The van der Waals surface area contributed by atoms with Gasteiger partial charge in [-0.3, -0.25) is 4.79 Å². The van der Waals surface area contributed by atoms with Crippen molar-refractivity contribution in [2.75, 3.05) is 7.11 Å².